The second-order valence-corrected chi connectivity index (χ2v) is 8.86. The highest BCUT2D eigenvalue weighted by Crippen LogP contribution is 2.75. The molecular weight excluding hydrogens is 342 g/mol. The summed E-state index contributed by atoms with van der Waals surface area (Å²) in [4.78, 5) is 18.5. The topological polar surface area (TPSA) is 88.1 Å². The quantitative estimate of drug-likeness (QED) is 0.586. The van der Waals surface area contributed by atoms with Crippen molar-refractivity contribution >= 4 is 11.9 Å². The van der Waals surface area contributed by atoms with Gasteiger partial charge < -0.3 is 20.5 Å². The molecule has 0 saturated heterocycles. The molecule has 2 bridgehead atoms. The molecule has 2 fully saturated rings. The third-order valence-corrected chi connectivity index (χ3v) is 8.09. The van der Waals surface area contributed by atoms with E-state index in [2.05, 4.69) is 22.9 Å². The van der Waals surface area contributed by atoms with Crippen LogP contribution in [0.1, 0.15) is 39.0 Å². The van der Waals surface area contributed by atoms with Crippen molar-refractivity contribution in [2.75, 3.05) is 27.3 Å². The average Bonchev–Trinajstić information content (AvgIpc) is 3.04. The molecule has 1 aliphatic heterocycles. The van der Waals surface area contributed by atoms with Crippen LogP contribution in [0.4, 0.5) is 0 Å². The smallest absolute Gasteiger partial charge is 0.331 e. The second-order valence-electron chi connectivity index (χ2n) is 8.86. The normalized spacial score (nSPS) is 40.8. The Hall–Kier alpha value is -1.82. The predicted octanol–water partition coefficient (Wildman–Crippen LogP) is 2.62. The third kappa shape index (κ3) is 2.28. The SMILES string of the molecule is CN=C(N)N1C=CCC2(C1)C1CCC(C)C23CC(COC)C(C(=O)O)=C3C1. The van der Waals surface area contributed by atoms with Gasteiger partial charge >= 0.3 is 5.97 Å². The van der Waals surface area contributed by atoms with Crippen molar-refractivity contribution < 1.29 is 14.6 Å². The number of carboxylic acid groups (broad SMARTS) is 1. The lowest BCUT2D eigenvalue weighted by Gasteiger charge is -2.57. The van der Waals surface area contributed by atoms with E-state index in [1.54, 1.807) is 14.2 Å². The number of aliphatic carboxylic acids is 1. The zero-order chi connectivity index (χ0) is 19.4. The Bertz CT molecular complexity index is 743. The summed E-state index contributed by atoms with van der Waals surface area (Å²) in [5, 5.41) is 10.0. The Labute approximate surface area is 161 Å². The van der Waals surface area contributed by atoms with Crippen molar-refractivity contribution in [3.8, 4) is 0 Å². The summed E-state index contributed by atoms with van der Waals surface area (Å²) in [6, 6.07) is 0. The van der Waals surface area contributed by atoms with Crippen LogP contribution < -0.4 is 5.73 Å². The third-order valence-electron chi connectivity index (χ3n) is 8.09. The van der Waals surface area contributed by atoms with Crippen LogP contribution in [0.25, 0.3) is 0 Å². The monoisotopic (exact) mass is 373 g/mol. The zero-order valence-corrected chi connectivity index (χ0v) is 16.6. The van der Waals surface area contributed by atoms with Crippen molar-refractivity contribution in [1.82, 2.24) is 4.90 Å². The first-order valence-electron chi connectivity index (χ1n) is 10.0. The van der Waals surface area contributed by atoms with Crippen molar-refractivity contribution in [3.63, 3.8) is 0 Å². The van der Waals surface area contributed by atoms with Crippen molar-refractivity contribution in [3.05, 3.63) is 23.4 Å². The van der Waals surface area contributed by atoms with Gasteiger partial charge in [0.2, 0.25) is 0 Å². The summed E-state index contributed by atoms with van der Waals surface area (Å²) in [6.45, 7) is 3.65. The minimum absolute atomic E-state index is 0.0163. The number of carboxylic acids is 1. The van der Waals surface area contributed by atoms with E-state index in [4.69, 9.17) is 10.5 Å². The maximum atomic E-state index is 12.2. The number of nitrogens with two attached hydrogens (primary N) is 1. The maximum absolute atomic E-state index is 12.2. The minimum atomic E-state index is -0.753. The van der Waals surface area contributed by atoms with Crippen LogP contribution in [0.15, 0.2) is 28.4 Å². The van der Waals surface area contributed by atoms with Gasteiger partial charge in [-0.2, -0.15) is 0 Å². The Kier molecular flexibility index (Phi) is 4.37. The van der Waals surface area contributed by atoms with Crippen LogP contribution in [-0.2, 0) is 9.53 Å². The van der Waals surface area contributed by atoms with Crippen LogP contribution in [0.5, 0.6) is 0 Å². The molecule has 0 aromatic rings. The lowest BCUT2D eigenvalue weighted by Crippen LogP contribution is -2.56. The highest BCUT2D eigenvalue weighted by Gasteiger charge is 2.70. The van der Waals surface area contributed by atoms with Gasteiger partial charge in [0.15, 0.2) is 5.96 Å². The first kappa shape index (κ1) is 18.5. The number of ether oxygens (including phenoxy) is 1. The lowest BCUT2D eigenvalue weighted by atomic mass is 9.49. The van der Waals surface area contributed by atoms with Gasteiger partial charge in [-0.3, -0.25) is 4.99 Å². The van der Waals surface area contributed by atoms with Crippen LogP contribution in [-0.4, -0.2) is 49.2 Å². The fourth-order valence-electron chi connectivity index (χ4n) is 7.13. The number of aliphatic imine (C=N–C) groups is 1. The number of guanidine groups is 1. The van der Waals surface area contributed by atoms with E-state index < -0.39 is 5.97 Å². The summed E-state index contributed by atoms with van der Waals surface area (Å²) in [5.41, 5.74) is 8.00. The minimum Gasteiger partial charge on any atom is -0.478 e. The number of carbonyl (C=O) groups is 1. The summed E-state index contributed by atoms with van der Waals surface area (Å²) in [7, 11) is 3.39. The summed E-state index contributed by atoms with van der Waals surface area (Å²) < 4.78 is 5.43. The molecule has 4 rings (SSSR count). The Balaban J connectivity index is 1.86. The van der Waals surface area contributed by atoms with Crippen molar-refractivity contribution in [1.29, 1.82) is 0 Å². The molecule has 27 heavy (non-hydrogen) atoms. The number of methoxy groups -OCH3 is 1. The molecule has 2 spiro atoms. The molecule has 148 valence electrons. The molecule has 0 aromatic carbocycles. The number of allylic oxidation sites excluding steroid dienone is 2. The fourth-order valence-corrected chi connectivity index (χ4v) is 7.13. The van der Waals surface area contributed by atoms with E-state index in [1.807, 2.05) is 6.20 Å². The molecule has 0 amide bonds. The van der Waals surface area contributed by atoms with Crippen molar-refractivity contribution in [2.24, 2.45) is 39.3 Å². The van der Waals surface area contributed by atoms with E-state index in [1.165, 1.54) is 18.4 Å². The van der Waals surface area contributed by atoms with Crippen LogP contribution >= 0.6 is 0 Å². The summed E-state index contributed by atoms with van der Waals surface area (Å²) in [6.07, 6.45) is 9.40. The predicted molar refractivity (Wildman–Crippen MR) is 104 cm³/mol. The fraction of sp³-hybridized carbons (Fsp3) is 0.714. The van der Waals surface area contributed by atoms with Gasteiger partial charge in [-0.05, 0) is 43.9 Å². The molecule has 3 aliphatic carbocycles. The molecule has 1 heterocycles. The van der Waals surface area contributed by atoms with Gasteiger partial charge in [-0.25, -0.2) is 4.79 Å². The van der Waals surface area contributed by atoms with Crippen LogP contribution in [0.2, 0.25) is 0 Å². The Morgan fingerprint density at radius 2 is 2.26 bits per heavy atom. The number of hydrogen-bond donors (Lipinski definition) is 2. The van der Waals surface area contributed by atoms with Crippen molar-refractivity contribution in [2.45, 2.75) is 39.0 Å². The first-order chi connectivity index (χ1) is 12.9. The van der Waals surface area contributed by atoms with Gasteiger partial charge in [0, 0.05) is 49.2 Å². The average molecular weight is 373 g/mol. The molecular formula is C21H31N3O3. The molecule has 5 atom stereocenters. The molecule has 2 saturated carbocycles. The lowest BCUT2D eigenvalue weighted by molar-refractivity contribution is -0.133. The Morgan fingerprint density at radius 1 is 1.48 bits per heavy atom. The van der Waals surface area contributed by atoms with E-state index >= 15 is 0 Å². The molecule has 0 aromatic heterocycles. The van der Waals surface area contributed by atoms with Gasteiger partial charge in [-0.15, -0.1) is 0 Å². The highest BCUT2D eigenvalue weighted by molar-refractivity contribution is 5.90. The maximum Gasteiger partial charge on any atom is 0.331 e. The van der Waals surface area contributed by atoms with Crippen LogP contribution in [0, 0.1) is 28.6 Å². The van der Waals surface area contributed by atoms with Gasteiger partial charge in [0.05, 0.1) is 6.61 Å². The second kappa shape index (κ2) is 6.36. The van der Waals surface area contributed by atoms with Gasteiger partial charge in [0.1, 0.15) is 0 Å². The summed E-state index contributed by atoms with van der Waals surface area (Å²) in [5.74, 6) is 0.748. The van der Waals surface area contributed by atoms with E-state index in [9.17, 15) is 9.90 Å². The highest BCUT2D eigenvalue weighted by atomic mass is 16.5. The molecule has 6 nitrogen and oxygen atoms in total. The zero-order valence-electron chi connectivity index (χ0n) is 16.6. The first-order valence-corrected chi connectivity index (χ1v) is 10.0. The van der Waals surface area contributed by atoms with E-state index in [-0.39, 0.29) is 16.7 Å². The van der Waals surface area contributed by atoms with Crippen LogP contribution in [0.3, 0.4) is 0 Å². The largest absolute Gasteiger partial charge is 0.478 e. The summed E-state index contributed by atoms with van der Waals surface area (Å²) >= 11 is 0. The number of nitrogens with zero attached hydrogens (tertiary/aromatic N) is 2. The van der Waals surface area contributed by atoms with E-state index in [0.29, 0.717) is 30.0 Å². The van der Waals surface area contributed by atoms with E-state index in [0.717, 1.165) is 25.8 Å². The standard InChI is InChI=1S/C21H31N3O3/c1-13-5-6-15-9-16-17(18(25)26)14(11-27-3)10-21(13,16)20(15)7-4-8-24(12-20)19(22)23-2/h4,8,13-15H,5-7,9-12H2,1-3H3,(H2,22,23)(H,25,26). The molecule has 4 aliphatic rings. The molecule has 3 N–H and O–H groups in total. The molecule has 0 radical (unpaired) electrons. The molecule has 5 unspecified atom stereocenters. The number of hydrogen-bond acceptors (Lipinski definition) is 3. The number of rotatable bonds is 3. The Morgan fingerprint density at radius 3 is 2.93 bits per heavy atom. The van der Waals surface area contributed by atoms with Gasteiger partial charge in [-0.1, -0.05) is 18.6 Å². The molecule has 6 heteroatoms. The van der Waals surface area contributed by atoms with Gasteiger partial charge in [0.25, 0.3) is 0 Å².